The van der Waals surface area contributed by atoms with Crippen molar-refractivity contribution in [2.24, 2.45) is 0 Å². The fourth-order valence-corrected chi connectivity index (χ4v) is 5.50. The Kier molecular flexibility index (Phi) is 6.29. The summed E-state index contributed by atoms with van der Waals surface area (Å²) in [6.07, 6.45) is 1.92. The summed E-state index contributed by atoms with van der Waals surface area (Å²) in [6.45, 7) is 2.11. The van der Waals surface area contributed by atoms with E-state index in [-0.39, 0.29) is 10.7 Å². The third-order valence-corrected chi connectivity index (χ3v) is 5.62. The second-order valence-corrected chi connectivity index (χ2v) is 9.12. The van der Waals surface area contributed by atoms with E-state index in [4.69, 9.17) is 0 Å². The summed E-state index contributed by atoms with van der Waals surface area (Å²) < 4.78 is 1.56. The summed E-state index contributed by atoms with van der Waals surface area (Å²) >= 11 is 14.1. The Bertz CT molecular complexity index is 605. The van der Waals surface area contributed by atoms with Crippen molar-refractivity contribution in [3.63, 3.8) is 0 Å². The van der Waals surface area contributed by atoms with E-state index < -0.39 is 0 Å². The number of anilines is 1. The Morgan fingerprint density at radius 1 is 1.24 bits per heavy atom. The van der Waals surface area contributed by atoms with Gasteiger partial charge in [0.1, 0.15) is 0 Å². The second-order valence-electron chi connectivity index (χ2n) is 4.57. The Morgan fingerprint density at radius 2 is 1.86 bits per heavy atom. The SMILES string of the molecule is CCCC(Br)C1=C(Br)C(=C(Br)Br)N(c2ccccc2)C1=O. The largest absolute Gasteiger partial charge is 0.274 e. The van der Waals surface area contributed by atoms with Crippen LogP contribution in [0.15, 0.2) is 49.5 Å². The monoisotopic (exact) mass is 539 g/mol. The van der Waals surface area contributed by atoms with Gasteiger partial charge < -0.3 is 0 Å². The first-order chi connectivity index (χ1) is 9.99. The van der Waals surface area contributed by atoms with E-state index in [0.29, 0.717) is 0 Å². The number of nitrogens with zero attached hydrogens (tertiary/aromatic N) is 1. The maximum absolute atomic E-state index is 12.9. The van der Waals surface area contributed by atoms with Crippen LogP contribution in [0.25, 0.3) is 0 Å². The Morgan fingerprint density at radius 3 is 2.38 bits per heavy atom. The molecule has 0 aliphatic carbocycles. The number of alkyl halides is 1. The molecule has 1 aliphatic rings. The minimum Gasteiger partial charge on any atom is -0.274 e. The average molecular weight is 543 g/mol. The van der Waals surface area contributed by atoms with Crippen LogP contribution in [0.3, 0.4) is 0 Å². The molecule has 2 rings (SSSR count). The fourth-order valence-electron chi connectivity index (χ4n) is 2.20. The molecule has 6 heteroatoms. The number of rotatable bonds is 4. The van der Waals surface area contributed by atoms with E-state index in [1.165, 1.54) is 0 Å². The maximum Gasteiger partial charge on any atom is 0.261 e. The van der Waals surface area contributed by atoms with Gasteiger partial charge in [-0.3, -0.25) is 9.69 Å². The maximum atomic E-state index is 12.9. The van der Waals surface area contributed by atoms with Crippen molar-refractivity contribution in [2.75, 3.05) is 4.90 Å². The second kappa shape index (κ2) is 7.57. The fraction of sp³-hybridized carbons (Fsp3) is 0.267. The van der Waals surface area contributed by atoms with Crippen LogP contribution in [0.1, 0.15) is 19.8 Å². The molecule has 2 nitrogen and oxygen atoms in total. The van der Waals surface area contributed by atoms with Crippen LogP contribution in [0, 0.1) is 0 Å². The van der Waals surface area contributed by atoms with Crippen molar-refractivity contribution < 1.29 is 4.79 Å². The van der Waals surface area contributed by atoms with E-state index in [1.807, 2.05) is 30.3 Å². The Labute approximate surface area is 158 Å². The lowest BCUT2D eigenvalue weighted by Crippen LogP contribution is -2.27. The molecule has 112 valence electrons. The lowest BCUT2D eigenvalue weighted by atomic mass is 10.1. The van der Waals surface area contributed by atoms with Crippen LogP contribution >= 0.6 is 63.7 Å². The molecule has 0 aromatic heterocycles. The highest BCUT2D eigenvalue weighted by Gasteiger charge is 2.38. The molecule has 1 aromatic carbocycles. The molecule has 1 aromatic rings. The first-order valence-corrected chi connectivity index (χ1v) is 9.77. The lowest BCUT2D eigenvalue weighted by Gasteiger charge is -2.20. The first kappa shape index (κ1) is 17.4. The van der Waals surface area contributed by atoms with Gasteiger partial charge >= 0.3 is 0 Å². The summed E-state index contributed by atoms with van der Waals surface area (Å²) in [6, 6.07) is 9.63. The molecule has 0 spiro atoms. The molecule has 1 atom stereocenters. The van der Waals surface area contributed by atoms with Crippen LogP contribution in [-0.4, -0.2) is 10.7 Å². The number of allylic oxidation sites excluding steroid dienone is 1. The molecule has 1 heterocycles. The Balaban J connectivity index is 2.52. The highest BCUT2D eigenvalue weighted by atomic mass is 79.9. The molecule has 1 unspecified atom stereocenters. The molecule has 0 fully saturated rings. The molecule has 0 radical (unpaired) electrons. The molecule has 0 N–H and O–H groups in total. The molecule has 21 heavy (non-hydrogen) atoms. The van der Waals surface area contributed by atoms with Crippen molar-refractivity contribution in [1.29, 1.82) is 0 Å². The van der Waals surface area contributed by atoms with Gasteiger partial charge in [-0.05, 0) is 66.3 Å². The van der Waals surface area contributed by atoms with Gasteiger partial charge in [-0.15, -0.1) is 0 Å². The summed E-state index contributed by atoms with van der Waals surface area (Å²) in [4.78, 5) is 14.6. The van der Waals surface area contributed by atoms with Gasteiger partial charge in [0.05, 0.1) is 13.6 Å². The van der Waals surface area contributed by atoms with Gasteiger partial charge in [-0.25, -0.2) is 0 Å². The van der Waals surface area contributed by atoms with Crippen LogP contribution in [0.4, 0.5) is 5.69 Å². The number of benzene rings is 1. The number of halogens is 4. The highest BCUT2D eigenvalue weighted by Crippen LogP contribution is 2.44. The zero-order valence-corrected chi connectivity index (χ0v) is 17.6. The first-order valence-electron chi connectivity index (χ1n) is 6.47. The molecule has 1 amide bonds. The lowest BCUT2D eigenvalue weighted by molar-refractivity contribution is -0.114. The van der Waals surface area contributed by atoms with E-state index in [0.717, 1.165) is 37.7 Å². The van der Waals surface area contributed by atoms with E-state index in [1.54, 1.807) is 4.90 Å². The van der Waals surface area contributed by atoms with Crippen molar-refractivity contribution in [3.05, 3.63) is 49.5 Å². The van der Waals surface area contributed by atoms with Gasteiger partial charge in [0.15, 0.2) is 0 Å². The number of carbonyl (C=O) groups is 1. The molecule has 0 saturated carbocycles. The number of hydrogen-bond donors (Lipinski definition) is 0. The third-order valence-electron chi connectivity index (χ3n) is 3.15. The van der Waals surface area contributed by atoms with Gasteiger partial charge in [-0.2, -0.15) is 0 Å². The van der Waals surface area contributed by atoms with E-state index in [2.05, 4.69) is 70.6 Å². The predicted octanol–water partition coefficient (Wildman–Crippen LogP) is 6.20. The average Bonchev–Trinajstić information content (AvgIpc) is 2.71. The molecule has 1 aliphatic heterocycles. The molecular weight excluding hydrogens is 530 g/mol. The summed E-state index contributed by atoms with van der Waals surface area (Å²) in [5.74, 6) is -0.00481. The van der Waals surface area contributed by atoms with E-state index >= 15 is 0 Å². The van der Waals surface area contributed by atoms with Crippen LogP contribution in [0.5, 0.6) is 0 Å². The van der Waals surface area contributed by atoms with Gasteiger partial charge in [0, 0.05) is 16.1 Å². The van der Waals surface area contributed by atoms with Crippen LogP contribution in [0.2, 0.25) is 0 Å². The topological polar surface area (TPSA) is 20.3 Å². The van der Waals surface area contributed by atoms with E-state index in [9.17, 15) is 4.79 Å². The minimum absolute atomic E-state index is 0.00481. The summed E-state index contributed by atoms with van der Waals surface area (Å²) in [5, 5.41) is 0. The quantitative estimate of drug-likeness (QED) is 0.415. The van der Waals surface area contributed by atoms with Crippen LogP contribution < -0.4 is 4.90 Å². The highest BCUT2D eigenvalue weighted by molar-refractivity contribution is 9.28. The number of hydrogen-bond acceptors (Lipinski definition) is 1. The molecule has 0 bridgehead atoms. The number of carbonyl (C=O) groups excluding carboxylic acids is 1. The zero-order chi connectivity index (χ0) is 15.6. The summed E-state index contributed by atoms with van der Waals surface area (Å²) in [7, 11) is 0. The minimum atomic E-state index is -0.00481. The van der Waals surface area contributed by atoms with Crippen molar-refractivity contribution in [3.8, 4) is 0 Å². The predicted molar refractivity (Wildman–Crippen MR) is 102 cm³/mol. The summed E-state index contributed by atoms with van der Waals surface area (Å²) in [5.41, 5.74) is 2.39. The normalized spacial score (nSPS) is 16.7. The Hall–Kier alpha value is 0.0900. The standard InChI is InChI=1S/C15H13Br4NO/c1-2-6-10(16)11-12(17)13(14(18)19)20(15(11)21)9-7-4-3-5-8-9/h3-5,7-8,10H,2,6H2,1H3. The molecular formula is C15H13Br4NO. The molecule has 0 saturated heterocycles. The van der Waals surface area contributed by atoms with Crippen molar-refractivity contribution in [2.45, 2.75) is 24.6 Å². The van der Waals surface area contributed by atoms with Gasteiger partial charge in [-0.1, -0.05) is 47.5 Å². The zero-order valence-electron chi connectivity index (χ0n) is 11.2. The number of amides is 1. The third kappa shape index (κ3) is 3.54. The van der Waals surface area contributed by atoms with Crippen molar-refractivity contribution in [1.82, 2.24) is 0 Å². The smallest absolute Gasteiger partial charge is 0.261 e. The number of para-hydroxylation sites is 1. The van der Waals surface area contributed by atoms with Crippen molar-refractivity contribution >= 4 is 75.3 Å². The van der Waals surface area contributed by atoms with Crippen LogP contribution in [-0.2, 0) is 4.79 Å². The van der Waals surface area contributed by atoms with Gasteiger partial charge in [0.25, 0.3) is 5.91 Å². The van der Waals surface area contributed by atoms with Gasteiger partial charge in [0.2, 0.25) is 0 Å².